The van der Waals surface area contributed by atoms with E-state index in [0.29, 0.717) is 5.89 Å². The summed E-state index contributed by atoms with van der Waals surface area (Å²) in [6, 6.07) is 11.8. The van der Waals surface area contributed by atoms with Gasteiger partial charge in [-0.1, -0.05) is 18.2 Å². The molecule has 23 heavy (non-hydrogen) atoms. The third-order valence-corrected chi connectivity index (χ3v) is 3.80. The van der Waals surface area contributed by atoms with Gasteiger partial charge in [0.05, 0.1) is 12.7 Å². The second-order valence-electron chi connectivity index (χ2n) is 5.69. The summed E-state index contributed by atoms with van der Waals surface area (Å²) in [7, 11) is 0. The average molecular weight is 312 g/mol. The van der Waals surface area contributed by atoms with E-state index in [0.717, 1.165) is 33.5 Å². The van der Waals surface area contributed by atoms with E-state index < -0.39 is 6.10 Å². The van der Waals surface area contributed by atoms with Gasteiger partial charge >= 0.3 is 0 Å². The first kappa shape index (κ1) is 15.5. The van der Waals surface area contributed by atoms with Gasteiger partial charge in [0.2, 0.25) is 5.89 Å². The summed E-state index contributed by atoms with van der Waals surface area (Å²) in [5, 5.41) is 21.4. The van der Waals surface area contributed by atoms with Crippen molar-refractivity contribution in [2.45, 2.75) is 20.0 Å². The Morgan fingerprint density at radius 3 is 2.70 bits per heavy atom. The number of benzene rings is 2. The quantitative estimate of drug-likeness (QED) is 0.675. The van der Waals surface area contributed by atoms with E-state index in [-0.39, 0.29) is 13.2 Å². The molecule has 120 valence electrons. The molecule has 3 N–H and O–H groups in total. The van der Waals surface area contributed by atoms with E-state index in [9.17, 15) is 5.11 Å². The van der Waals surface area contributed by atoms with Crippen LogP contribution in [0.1, 0.15) is 11.1 Å². The highest BCUT2D eigenvalue weighted by molar-refractivity contribution is 5.83. The number of rotatable bonds is 5. The summed E-state index contributed by atoms with van der Waals surface area (Å²) < 4.78 is 5.94. The Hall–Kier alpha value is -2.37. The lowest BCUT2D eigenvalue weighted by Crippen LogP contribution is -2.22. The molecule has 1 unspecified atom stereocenters. The Bertz CT molecular complexity index is 826. The minimum atomic E-state index is -0.786. The Kier molecular flexibility index (Phi) is 4.32. The third-order valence-electron chi connectivity index (χ3n) is 3.80. The van der Waals surface area contributed by atoms with Crippen LogP contribution in [0.4, 0.5) is 5.69 Å². The molecule has 0 aliphatic heterocycles. The van der Waals surface area contributed by atoms with Gasteiger partial charge in [-0.05, 0) is 43.2 Å². The molecule has 5 heteroatoms. The smallest absolute Gasteiger partial charge is 0.227 e. The lowest BCUT2D eigenvalue weighted by molar-refractivity contribution is 0.105. The number of hydrogen-bond donors (Lipinski definition) is 3. The second-order valence-corrected chi connectivity index (χ2v) is 5.69. The van der Waals surface area contributed by atoms with Crippen molar-refractivity contribution in [3.05, 3.63) is 47.5 Å². The van der Waals surface area contributed by atoms with E-state index in [2.05, 4.69) is 10.3 Å². The van der Waals surface area contributed by atoms with E-state index in [1.165, 1.54) is 0 Å². The highest BCUT2D eigenvalue weighted by Crippen LogP contribution is 2.30. The highest BCUT2D eigenvalue weighted by atomic mass is 16.3. The minimum Gasteiger partial charge on any atom is -0.436 e. The SMILES string of the molecule is Cc1ccccc1-c1nc2cc(NCC(O)CO)cc(C)c2o1. The van der Waals surface area contributed by atoms with Crippen molar-refractivity contribution < 1.29 is 14.6 Å². The third kappa shape index (κ3) is 3.21. The molecule has 0 saturated carbocycles. The number of fused-ring (bicyclic) bond motifs is 1. The van der Waals surface area contributed by atoms with Gasteiger partial charge in [-0.15, -0.1) is 0 Å². The number of nitrogens with zero attached hydrogens (tertiary/aromatic N) is 1. The van der Waals surface area contributed by atoms with Crippen molar-refractivity contribution in [1.82, 2.24) is 4.98 Å². The van der Waals surface area contributed by atoms with Crippen LogP contribution >= 0.6 is 0 Å². The molecule has 2 aromatic carbocycles. The molecule has 0 saturated heterocycles. The Labute approximate surface area is 134 Å². The van der Waals surface area contributed by atoms with E-state index in [1.807, 2.05) is 50.2 Å². The molecule has 1 heterocycles. The molecule has 1 atom stereocenters. The number of aromatic nitrogens is 1. The van der Waals surface area contributed by atoms with Crippen molar-refractivity contribution in [2.75, 3.05) is 18.5 Å². The number of nitrogens with one attached hydrogen (secondary N) is 1. The number of anilines is 1. The van der Waals surface area contributed by atoms with Crippen molar-refractivity contribution >= 4 is 16.8 Å². The van der Waals surface area contributed by atoms with Crippen LogP contribution < -0.4 is 5.32 Å². The van der Waals surface area contributed by atoms with Crippen LogP contribution in [0.15, 0.2) is 40.8 Å². The molecule has 1 aromatic heterocycles. The molecule has 0 spiro atoms. The highest BCUT2D eigenvalue weighted by Gasteiger charge is 2.13. The Morgan fingerprint density at radius 2 is 1.96 bits per heavy atom. The monoisotopic (exact) mass is 312 g/mol. The van der Waals surface area contributed by atoms with Crippen LogP contribution in [0.2, 0.25) is 0 Å². The number of aliphatic hydroxyl groups excluding tert-OH is 2. The van der Waals surface area contributed by atoms with Gasteiger partial charge in [-0.2, -0.15) is 0 Å². The molecule has 0 aliphatic carbocycles. The van der Waals surface area contributed by atoms with Crippen LogP contribution in [0.5, 0.6) is 0 Å². The van der Waals surface area contributed by atoms with Crippen LogP contribution in [-0.2, 0) is 0 Å². The number of aryl methyl sites for hydroxylation is 2. The van der Waals surface area contributed by atoms with Crippen molar-refractivity contribution in [2.24, 2.45) is 0 Å². The predicted molar refractivity (Wildman–Crippen MR) is 90.5 cm³/mol. The Morgan fingerprint density at radius 1 is 1.17 bits per heavy atom. The zero-order chi connectivity index (χ0) is 16.4. The fourth-order valence-electron chi connectivity index (χ4n) is 2.53. The van der Waals surface area contributed by atoms with Crippen LogP contribution in [0.3, 0.4) is 0 Å². The largest absolute Gasteiger partial charge is 0.436 e. The van der Waals surface area contributed by atoms with Gasteiger partial charge in [0.1, 0.15) is 5.52 Å². The number of hydrogen-bond acceptors (Lipinski definition) is 5. The first-order valence-corrected chi connectivity index (χ1v) is 7.58. The van der Waals surface area contributed by atoms with E-state index >= 15 is 0 Å². The lowest BCUT2D eigenvalue weighted by Gasteiger charge is -2.10. The second kappa shape index (κ2) is 6.40. The standard InChI is InChI=1S/C18H20N2O3/c1-11-5-3-4-6-15(11)18-20-16-8-13(19-9-14(22)10-21)7-12(2)17(16)23-18/h3-8,14,19,21-22H,9-10H2,1-2H3. The molecule has 0 radical (unpaired) electrons. The first-order valence-electron chi connectivity index (χ1n) is 7.58. The average Bonchev–Trinajstić information content (AvgIpc) is 2.97. The number of oxazole rings is 1. The van der Waals surface area contributed by atoms with Gasteiger partial charge in [0.15, 0.2) is 5.58 Å². The van der Waals surface area contributed by atoms with E-state index in [4.69, 9.17) is 9.52 Å². The molecule has 3 rings (SSSR count). The fourth-order valence-corrected chi connectivity index (χ4v) is 2.53. The van der Waals surface area contributed by atoms with Crippen LogP contribution in [0.25, 0.3) is 22.6 Å². The molecular formula is C18H20N2O3. The Balaban J connectivity index is 1.96. The summed E-state index contributed by atoms with van der Waals surface area (Å²) in [5.41, 5.74) is 5.43. The van der Waals surface area contributed by atoms with Crippen molar-refractivity contribution in [3.63, 3.8) is 0 Å². The topological polar surface area (TPSA) is 78.5 Å². The molecule has 0 amide bonds. The van der Waals surface area contributed by atoms with E-state index in [1.54, 1.807) is 0 Å². The molecule has 0 aliphatic rings. The van der Waals surface area contributed by atoms with Crippen LogP contribution in [-0.4, -0.2) is 34.5 Å². The summed E-state index contributed by atoms with van der Waals surface area (Å²) in [6.07, 6.45) is -0.786. The van der Waals surface area contributed by atoms with Gasteiger partial charge in [-0.3, -0.25) is 0 Å². The number of aliphatic hydroxyl groups is 2. The van der Waals surface area contributed by atoms with Gasteiger partial charge < -0.3 is 19.9 Å². The minimum absolute atomic E-state index is 0.268. The lowest BCUT2D eigenvalue weighted by atomic mass is 10.1. The summed E-state index contributed by atoms with van der Waals surface area (Å²) in [4.78, 5) is 4.59. The zero-order valence-electron chi connectivity index (χ0n) is 13.2. The maximum Gasteiger partial charge on any atom is 0.227 e. The fraction of sp³-hybridized carbons (Fsp3) is 0.278. The van der Waals surface area contributed by atoms with Gasteiger partial charge in [0.25, 0.3) is 0 Å². The normalized spacial score (nSPS) is 12.5. The summed E-state index contributed by atoms with van der Waals surface area (Å²) >= 11 is 0. The molecule has 0 bridgehead atoms. The predicted octanol–water partition coefficient (Wildman–Crippen LogP) is 2.88. The summed E-state index contributed by atoms with van der Waals surface area (Å²) in [5.74, 6) is 0.605. The maximum absolute atomic E-state index is 9.44. The van der Waals surface area contributed by atoms with Crippen molar-refractivity contribution in [1.29, 1.82) is 0 Å². The molecule has 5 nitrogen and oxygen atoms in total. The maximum atomic E-state index is 9.44. The first-order chi connectivity index (χ1) is 11.1. The van der Waals surface area contributed by atoms with Gasteiger partial charge in [0, 0.05) is 17.8 Å². The van der Waals surface area contributed by atoms with Crippen molar-refractivity contribution in [3.8, 4) is 11.5 Å². The summed E-state index contributed by atoms with van der Waals surface area (Å²) in [6.45, 7) is 4.00. The van der Waals surface area contributed by atoms with Gasteiger partial charge in [-0.25, -0.2) is 4.98 Å². The molecule has 0 fully saturated rings. The molecule has 3 aromatic rings. The van der Waals surface area contributed by atoms with Crippen LogP contribution in [0, 0.1) is 13.8 Å². The zero-order valence-corrected chi connectivity index (χ0v) is 13.2. The molecular weight excluding hydrogens is 292 g/mol.